The van der Waals surface area contributed by atoms with Gasteiger partial charge in [-0.05, 0) is 158 Å². The molecule has 1 aromatic carbocycles. The third-order valence-electron chi connectivity index (χ3n) is 13.9. The van der Waals surface area contributed by atoms with Gasteiger partial charge in [0, 0.05) is 19.4 Å². The molecule has 30 nitrogen and oxygen atoms in total. The molecule has 0 unspecified atom stereocenters. The standard InChI is InChI=1S/C57H101N17O13S/c1-32(2)30-44(56(86)87)73-54(84)43(31-35-18-20-36(75)21-19-35)72-52(82)39(16-8-11-26-59)68-51(81)40(17-9-12-27-60)71-55(85)46(33(3)4)74-47(77)34(5)66-49(79)42(24-29-88-6)70-53(83)41(22-23-45(62)76)69-50(80)38(15-7-10-25-58)67-48(78)37(61)14-13-28-65-57(63)64/h18-21,32-34,37-44,46,75H,7-17,22-31,58-61H2,1-6H3,(H2,62,76)(H,66,79)(H,67,78)(H,68,81)(H,69,80)(H,70,83)(H,71,85)(H,72,82)(H,73,84)(H,74,77)(H,86,87)(H4,63,64,65)/t34-,37-,38-,39-,40-,41-,42-,43-,44-,46-/m0/s1. The molecule has 88 heavy (non-hydrogen) atoms. The van der Waals surface area contributed by atoms with Gasteiger partial charge in [0.15, 0.2) is 5.96 Å². The number of guanidine groups is 1. The summed E-state index contributed by atoms with van der Waals surface area (Å²) in [6.07, 6.45) is 4.31. The van der Waals surface area contributed by atoms with Crippen LogP contribution in [0.15, 0.2) is 29.3 Å². The molecule has 0 spiro atoms. The van der Waals surface area contributed by atoms with Crippen LogP contribution in [0, 0.1) is 11.8 Å². The van der Waals surface area contributed by atoms with Crippen LogP contribution in [-0.4, -0.2) is 180 Å². The van der Waals surface area contributed by atoms with E-state index in [2.05, 4.69) is 52.8 Å². The van der Waals surface area contributed by atoms with E-state index in [1.807, 2.05) is 0 Å². The summed E-state index contributed by atoms with van der Waals surface area (Å²) >= 11 is 1.35. The van der Waals surface area contributed by atoms with Gasteiger partial charge in [-0.25, -0.2) is 4.79 Å². The van der Waals surface area contributed by atoms with Crippen molar-refractivity contribution in [2.45, 2.75) is 198 Å². The van der Waals surface area contributed by atoms with Crippen molar-refractivity contribution in [3.63, 3.8) is 0 Å². The first-order valence-electron chi connectivity index (χ1n) is 30.0. The second kappa shape index (κ2) is 43.3. The maximum absolute atomic E-state index is 14.3. The smallest absolute Gasteiger partial charge is 0.326 e. The number of hydrogen-bond acceptors (Lipinski definition) is 18. The monoisotopic (exact) mass is 1260 g/mol. The lowest BCUT2D eigenvalue weighted by atomic mass is 10.00. The van der Waals surface area contributed by atoms with E-state index in [9.17, 15) is 63.0 Å². The third kappa shape index (κ3) is 32.0. The van der Waals surface area contributed by atoms with Gasteiger partial charge in [-0.2, -0.15) is 11.8 Å². The van der Waals surface area contributed by atoms with Crippen LogP contribution in [0.25, 0.3) is 0 Å². The molecule has 10 atom stereocenters. The molecule has 0 bridgehead atoms. The molecular formula is C57H101N17O13S. The molecule has 0 saturated carbocycles. The number of aromatic hydroxyl groups is 1. The van der Waals surface area contributed by atoms with Gasteiger partial charge in [0.2, 0.25) is 59.1 Å². The quantitative estimate of drug-likeness (QED) is 0.0175. The van der Waals surface area contributed by atoms with Crippen LogP contribution in [-0.2, 0) is 59.2 Å². The summed E-state index contributed by atoms with van der Waals surface area (Å²) in [7, 11) is 0. The lowest BCUT2D eigenvalue weighted by Crippen LogP contribution is -2.61. The Morgan fingerprint density at radius 1 is 0.500 bits per heavy atom. The van der Waals surface area contributed by atoms with Gasteiger partial charge in [0.05, 0.1) is 6.04 Å². The number of phenolic OH excluding ortho intramolecular Hbond substituents is 1. The Morgan fingerprint density at radius 3 is 1.35 bits per heavy atom. The first kappa shape index (κ1) is 78.7. The van der Waals surface area contributed by atoms with Gasteiger partial charge < -0.3 is 98.2 Å². The van der Waals surface area contributed by atoms with E-state index >= 15 is 0 Å². The molecule has 0 aliphatic rings. The predicted molar refractivity (Wildman–Crippen MR) is 335 cm³/mol. The number of nitrogens with one attached hydrogen (secondary N) is 9. The number of nitrogens with two attached hydrogens (primary N) is 7. The SMILES string of the molecule is CSCC[C@H](NC(=O)[C@H](CCC(N)=O)NC(=O)[C@H](CCCCN)NC(=O)[C@@H](N)CCCN=C(N)N)C(=O)N[C@@H](C)C(=O)N[C@H](C(=O)N[C@@H](CCCCN)C(=O)N[C@@H](CCCCN)C(=O)N[C@@H](Cc1ccc(O)cc1)C(=O)N[C@@H](CC(C)C)C(=O)O)C(C)C. The van der Waals surface area contributed by atoms with Gasteiger partial charge in [-0.3, -0.25) is 52.9 Å². The number of amides is 10. The van der Waals surface area contributed by atoms with Crippen LogP contribution in [0.3, 0.4) is 0 Å². The zero-order valence-electron chi connectivity index (χ0n) is 51.9. The fourth-order valence-corrected chi connectivity index (χ4v) is 9.33. The van der Waals surface area contributed by atoms with Gasteiger partial charge in [-0.1, -0.05) is 39.8 Å². The molecule has 0 aromatic heterocycles. The van der Waals surface area contributed by atoms with E-state index in [1.54, 1.807) is 34.0 Å². The van der Waals surface area contributed by atoms with Crippen LogP contribution >= 0.6 is 11.8 Å². The van der Waals surface area contributed by atoms with Crippen LogP contribution in [0.1, 0.15) is 136 Å². The van der Waals surface area contributed by atoms with Crippen molar-refractivity contribution in [3.05, 3.63) is 29.8 Å². The van der Waals surface area contributed by atoms with E-state index in [4.69, 9.17) is 40.1 Å². The molecule has 0 aliphatic carbocycles. The molecular weight excluding hydrogens is 1160 g/mol. The van der Waals surface area contributed by atoms with Gasteiger partial charge in [0.1, 0.15) is 60.1 Å². The number of phenols is 1. The van der Waals surface area contributed by atoms with Crippen LogP contribution in [0.5, 0.6) is 5.75 Å². The molecule has 10 amide bonds. The van der Waals surface area contributed by atoms with E-state index in [-0.39, 0.29) is 95.0 Å². The highest BCUT2D eigenvalue weighted by molar-refractivity contribution is 7.98. The predicted octanol–water partition coefficient (Wildman–Crippen LogP) is -3.11. The van der Waals surface area contributed by atoms with Gasteiger partial charge >= 0.3 is 5.97 Å². The largest absolute Gasteiger partial charge is 0.508 e. The highest BCUT2D eigenvalue weighted by Gasteiger charge is 2.36. The number of benzene rings is 1. The number of thioether (sulfide) groups is 1. The average molecular weight is 1260 g/mol. The highest BCUT2D eigenvalue weighted by Crippen LogP contribution is 2.15. The molecule has 31 heteroatoms. The number of carbonyl (C=O) groups is 11. The summed E-state index contributed by atoms with van der Waals surface area (Å²) in [4.78, 5) is 154. The molecule has 0 radical (unpaired) electrons. The summed E-state index contributed by atoms with van der Waals surface area (Å²) in [5.74, 6) is -9.80. The number of carboxylic acids is 1. The zero-order chi connectivity index (χ0) is 66.5. The Labute approximate surface area is 520 Å². The molecule has 25 N–H and O–H groups in total. The Bertz CT molecular complexity index is 2420. The van der Waals surface area contributed by atoms with Crippen molar-refractivity contribution >= 4 is 82.8 Å². The molecule has 0 saturated heterocycles. The molecule has 498 valence electrons. The van der Waals surface area contributed by atoms with Gasteiger partial charge in [0.25, 0.3) is 0 Å². The molecule has 1 rings (SSSR count). The Hall–Kier alpha value is -7.35. The number of nitrogens with zero attached hydrogens (tertiary/aromatic N) is 1. The second-order valence-corrected chi connectivity index (χ2v) is 23.4. The van der Waals surface area contributed by atoms with Crippen molar-refractivity contribution in [2.75, 3.05) is 38.2 Å². The first-order valence-corrected chi connectivity index (χ1v) is 31.4. The number of primary amides is 1. The number of carbonyl (C=O) groups excluding carboxylic acids is 10. The lowest BCUT2D eigenvalue weighted by Gasteiger charge is -2.29. The van der Waals surface area contributed by atoms with Gasteiger partial charge in [-0.15, -0.1) is 0 Å². The highest BCUT2D eigenvalue weighted by atomic mass is 32.2. The van der Waals surface area contributed by atoms with Crippen LogP contribution in [0.2, 0.25) is 0 Å². The van der Waals surface area contributed by atoms with Crippen molar-refractivity contribution in [1.29, 1.82) is 0 Å². The van der Waals surface area contributed by atoms with Crippen molar-refractivity contribution in [1.82, 2.24) is 47.9 Å². The van der Waals surface area contributed by atoms with E-state index in [1.165, 1.54) is 43.0 Å². The Balaban J connectivity index is 3.44. The van der Waals surface area contributed by atoms with E-state index in [0.29, 0.717) is 62.8 Å². The maximum atomic E-state index is 14.3. The summed E-state index contributed by atoms with van der Waals surface area (Å²) in [5, 5.41) is 43.5. The minimum Gasteiger partial charge on any atom is -0.508 e. The maximum Gasteiger partial charge on any atom is 0.326 e. The van der Waals surface area contributed by atoms with Crippen molar-refractivity contribution in [3.8, 4) is 5.75 Å². The number of aliphatic carboxylic acids is 1. The summed E-state index contributed by atoms with van der Waals surface area (Å²) in [6.45, 7) is 9.19. The summed E-state index contributed by atoms with van der Waals surface area (Å²) < 4.78 is 0. The second-order valence-electron chi connectivity index (χ2n) is 22.4. The normalized spacial score (nSPS) is 14.6. The fourth-order valence-electron chi connectivity index (χ4n) is 8.86. The lowest BCUT2D eigenvalue weighted by molar-refractivity contribution is -0.142. The average Bonchev–Trinajstić information content (AvgIpc) is 3.57. The molecule has 0 fully saturated rings. The van der Waals surface area contributed by atoms with Crippen LogP contribution < -0.4 is 88.0 Å². The summed E-state index contributed by atoms with van der Waals surface area (Å²) in [5.41, 5.74) is 40.1. The molecule has 1 aromatic rings. The van der Waals surface area contributed by atoms with Crippen molar-refractivity contribution < 1.29 is 63.0 Å². The fraction of sp³-hybridized carbons (Fsp3) is 0.684. The number of carboxylic acid groups (broad SMARTS) is 1. The Morgan fingerprint density at radius 2 is 0.920 bits per heavy atom. The van der Waals surface area contributed by atoms with Crippen LogP contribution in [0.4, 0.5) is 0 Å². The number of hydrogen-bond donors (Lipinski definition) is 18. The number of rotatable bonds is 46. The van der Waals surface area contributed by atoms with E-state index < -0.39 is 131 Å². The first-order chi connectivity index (χ1) is 41.6. The topological polar surface area (TPSA) is 531 Å². The van der Waals surface area contributed by atoms with E-state index in [0.717, 1.165) is 0 Å². The number of aliphatic imine (C=N–C) groups is 1. The zero-order valence-corrected chi connectivity index (χ0v) is 52.7. The Kier molecular flexibility index (Phi) is 38.7. The minimum atomic E-state index is -1.44. The summed E-state index contributed by atoms with van der Waals surface area (Å²) in [6, 6.07) is -7.01. The van der Waals surface area contributed by atoms with Crippen molar-refractivity contribution in [2.24, 2.45) is 57.0 Å². The number of unbranched alkanes of at least 4 members (excludes halogenated alkanes) is 3. The molecule has 0 heterocycles. The minimum absolute atomic E-state index is 0.0317. The molecule has 0 aliphatic heterocycles. The third-order valence-corrected chi connectivity index (χ3v) is 14.6.